The van der Waals surface area contributed by atoms with Gasteiger partial charge in [-0.1, -0.05) is 31.4 Å². The van der Waals surface area contributed by atoms with E-state index >= 15 is 0 Å². The Morgan fingerprint density at radius 1 is 1.35 bits per heavy atom. The fourth-order valence-corrected chi connectivity index (χ4v) is 3.82. The van der Waals surface area contributed by atoms with Gasteiger partial charge in [-0.25, -0.2) is 0 Å². The number of hydrogen-bond acceptors (Lipinski definition) is 2. The first-order chi connectivity index (χ1) is 9.62. The van der Waals surface area contributed by atoms with Crippen LogP contribution in [0.2, 0.25) is 5.02 Å². The third-order valence-electron chi connectivity index (χ3n) is 4.76. The zero-order valence-electron chi connectivity index (χ0n) is 12.0. The molecule has 1 heterocycles. The van der Waals surface area contributed by atoms with Gasteiger partial charge in [-0.3, -0.25) is 4.79 Å². The van der Waals surface area contributed by atoms with Gasteiger partial charge < -0.3 is 4.74 Å². The van der Waals surface area contributed by atoms with Crippen molar-refractivity contribution >= 4 is 17.4 Å². The van der Waals surface area contributed by atoms with Crippen LogP contribution >= 0.6 is 11.6 Å². The highest BCUT2D eigenvalue weighted by Crippen LogP contribution is 2.44. The number of fused-ring (bicyclic) bond motifs is 1. The molecule has 3 heteroatoms. The molecule has 0 bridgehead atoms. The second-order valence-electron chi connectivity index (χ2n) is 6.26. The van der Waals surface area contributed by atoms with E-state index in [4.69, 9.17) is 16.3 Å². The predicted octanol–water partition coefficient (Wildman–Crippen LogP) is 5.03. The maximum atomic E-state index is 12.4. The van der Waals surface area contributed by atoms with Gasteiger partial charge in [0.2, 0.25) is 0 Å². The molecule has 0 N–H and O–H groups in total. The molecule has 0 radical (unpaired) electrons. The number of Topliss-reactive ketones (excluding diaryl/α,β-unsaturated/α-hetero) is 1. The Morgan fingerprint density at radius 3 is 2.80 bits per heavy atom. The molecule has 0 amide bonds. The number of ketones is 1. The smallest absolute Gasteiger partial charge is 0.170 e. The lowest BCUT2D eigenvalue weighted by molar-refractivity contribution is 0.00115. The van der Waals surface area contributed by atoms with Crippen LogP contribution in [0.15, 0.2) is 18.2 Å². The standard InChI is InChI=1S/C17H21ClO2/c1-2-3-12-6-8-17(9-7-12)11-15(19)14-10-13(18)4-5-16(14)20-17/h4-5,10,12H,2-3,6-9,11H2,1H3. The number of carbonyl (C=O) groups excluding carboxylic acids is 1. The van der Waals surface area contributed by atoms with Gasteiger partial charge >= 0.3 is 0 Å². The summed E-state index contributed by atoms with van der Waals surface area (Å²) in [4.78, 5) is 12.4. The molecule has 20 heavy (non-hydrogen) atoms. The van der Waals surface area contributed by atoms with Crippen molar-refractivity contribution in [3.63, 3.8) is 0 Å². The first-order valence-corrected chi connectivity index (χ1v) is 8.01. The number of rotatable bonds is 2. The van der Waals surface area contributed by atoms with Crippen LogP contribution in [0.4, 0.5) is 0 Å². The van der Waals surface area contributed by atoms with Crippen LogP contribution in [0, 0.1) is 5.92 Å². The summed E-state index contributed by atoms with van der Waals surface area (Å²) >= 11 is 5.97. The molecule has 1 saturated carbocycles. The zero-order valence-corrected chi connectivity index (χ0v) is 12.7. The van der Waals surface area contributed by atoms with Crippen LogP contribution in [-0.2, 0) is 0 Å². The highest BCUT2D eigenvalue weighted by Gasteiger charge is 2.43. The molecule has 2 aliphatic rings. The van der Waals surface area contributed by atoms with Gasteiger partial charge in [-0.15, -0.1) is 0 Å². The van der Waals surface area contributed by atoms with Crippen LogP contribution in [0.1, 0.15) is 62.2 Å². The van der Waals surface area contributed by atoms with E-state index in [0.29, 0.717) is 17.0 Å². The van der Waals surface area contributed by atoms with Crippen molar-refractivity contribution in [1.29, 1.82) is 0 Å². The number of ether oxygens (including phenoxy) is 1. The van der Waals surface area contributed by atoms with Crippen molar-refractivity contribution in [2.24, 2.45) is 5.92 Å². The van der Waals surface area contributed by atoms with E-state index in [1.54, 1.807) is 12.1 Å². The van der Waals surface area contributed by atoms with Crippen LogP contribution in [0.3, 0.4) is 0 Å². The van der Waals surface area contributed by atoms with Crippen LogP contribution in [0.25, 0.3) is 0 Å². The summed E-state index contributed by atoms with van der Waals surface area (Å²) in [5.74, 6) is 1.72. The first-order valence-electron chi connectivity index (χ1n) is 7.64. The summed E-state index contributed by atoms with van der Waals surface area (Å²) < 4.78 is 6.23. The molecule has 1 spiro atoms. The van der Waals surface area contributed by atoms with E-state index < -0.39 is 0 Å². The number of halogens is 1. The molecule has 1 fully saturated rings. The molecule has 0 atom stereocenters. The Morgan fingerprint density at radius 2 is 2.10 bits per heavy atom. The fraction of sp³-hybridized carbons (Fsp3) is 0.588. The van der Waals surface area contributed by atoms with E-state index in [1.165, 1.54) is 25.7 Å². The van der Waals surface area contributed by atoms with Crippen molar-refractivity contribution < 1.29 is 9.53 Å². The molecule has 1 aliphatic carbocycles. The van der Waals surface area contributed by atoms with Gasteiger partial charge in [0.05, 0.1) is 12.0 Å². The van der Waals surface area contributed by atoms with Crippen molar-refractivity contribution in [2.75, 3.05) is 0 Å². The molecule has 0 unspecified atom stereocenters. The maximum Gasteiger partial charge on any atom is 0.170 e. The van der Waals surface area contributed by atoms with Gasteiger partial charge in [0.15, 0.2) is 5.78 Å². The Balaban J connectivity index is 1.78. The molecular formula is C17H21ClO2. The summed E-state index contributed by atoms with van der Waals surface area (Å²) in [6.45, 7) is 2.24. The topological polar surface area (TPSA) is 26.3 Å². The quantitative estimate of drug-likeness (QED) is 0.764. The maximum absolute atomic E-state index is 12.4. The van der Waals surface area contributed by atoms with E-state index in [-0.39, 0.29) is 11.4 Å². The summed E-state index contributed by atoms with van der Waals surface area (Å²) in [5.41, 5.74) is 0.404. The second-order valence-corrected chi connectivity index (χ2v) is 6.69. The highest BCUT2D eigenvalue weighted by molar-refractivity contribution is 6.31. The average molecular weight is 293 g/mol. The SMILES string of the molecule is CCCC1CCC2(CC1)CC(=O)c1cc(Cl)ccc1O2. The van der Waals surface area contributed by atoms with E-state index in [9.17, 15) is 4.79 Å². The van der Waals surface area contributed by atoms with Crippen LogP contribution < -0.4 is 4.74 Å². The van der Waals surface area contributed by atoms with Crippen molar-refractivity contribution in [3.05, 3.63) is 28.8 Å². The minimum atomic E-state index is -0.248. The summed E-state index contributed by atoms with van der Waals surface area (Å²) in [5, 5.41) is 0.600. The number of carbonyl (C=O) groups is 1. The third-order valence-corrected chi connectivity index (χ3v) is 5.00. The monoisotopic (exact) mass is 292 g/mol. The lowest BCUT2D eigenvalue weighted by Crippen LogP contribution is -2.44. The van der Waals surface area contributed by atoms with Gasteiger partial charge in [-0.2, -0.15) is 0 Å². The lowest BCUT2D eigenvalue weighted by Gasteiger charge is -2.42. The second kappa shape index (κ2) is 5.40. The van der Waals surface area contributed by atoms with Crippen LogP contribution in [0.5, 0.6) is 5.75 Å². The fourth-order valence-electron chi connectivity index (χ4n) is 3.65. The number of benzene rings is 1. The van der Waals surface area contributed by atoms with Crippen LogP contribution in [-0.4, -0.2) is 11.4 Å². The Hall–Kier alpha value is -1.02. The van der Waals surface area contributed by atoms with E-state index in [1.807, 2.05) is 6.07 Å². The largest absolute Gasteiger partial charge is 0.486 e. The molecule has 0 saturated heterocycles. The minimum Gasteiger partial charge on any atom is -0.486 e. The van der Waals surface area contributed by atoms with Gasteiger partial charge in [0.1, 0.15) is 11.4 Å². The molecule has 108 valence electrons. The van der Waals surface area contributed by atoms with Crippen molar-refractivity contribution in [2.45, 2.75) is 57.5 Å². The molecule has 2 nitrogen and oxygen atoms in total. The molecular weight excluding hydrogens is 272 g/mol. The average Bonchev–Trinajstić information content (AvgIpc) is 2.43. The Bertz CT molecular complexity index is 516. The summed E-state index contributed by atoms with van der Waals surface area (Å²) in [6, 6.07) is 5.37. The normalized spacial score (nSPS) is 29.1. The van der Waals surface area contributed by atoms with E-state index in [2.05, 4.69) is 6.92 Å². The zero-order chi connectivity index (χ0) is 14.2. The van der Waals surface area contributed by atoms with E-state index in [0.717, 1.165) is 24.5 Å². The number of hydrogen-bond donors (Lipinski definition) is 0. The third kappa shape index (κ3) is 2.58. The highest BCUT2D eigenvalue weighted by atomic mass is 35.5. The molecule has 3 rings (SSSR count). The predicted molar refractivity (Wildman–Crippen MR) is 80.6 cm³/mol. The molecule has 0 aromatic heterocycles. The molecule has 1 aliphatic heterocycles. The molecule has 1 aromatic rings. The van der Waals surface area contributed by atoms with Gasteiger partial charge in [0.25, 0.3) is 0 Å². The molecule has 1 aromatic carbocycles. The van der Waals surface area contributed by atoms with Gasteiger partial charge in [-0.05, 0) is 49.8 Å². The van der Waals surface area contributed by atoms with Crippen molar-refractivity contribution in [3.8, 4) is 5.75 Å². The Kier molecular flexibility index (Phi) is 3.76. The minimum absolute atomic E-state index is 0.183. The Labute approximate surface area is 125 Å². The van der Waals surface area contributed by atoms with Crippen molar-refractivity contribution in [1.82, 2.24) is 0 Å². The lowest BCUT2D eigenvalue weighted by atomic mass is 9.73. The summed E-state index contributed by atoms with van der Waals surface area (Å²) in [7, 11) is 0. The summed E-state index contributed by atoms with van der Waals surface area (Å²) in [6.07, 6.45) is 7.44. The first kappa shape index (κ1) is 13.9. The van der Waals surface area contributed by atoms with Gasteiger partial charge in [0, 0.05) is 5.02 Å².